The van der Waals surface area contributed by atoms with E-state index in [-0.39, 0.29) is 60.7 Å². The number of oxazole rings is 1. The smallest absolute Gasteiger partial charge is 0.417 e. The van der Waals surface area contributed by atoms with Crippen molar-refractivity contribution < 1.29 is 70.7 Å². The number of carbonyl (C=O) groups is 5. The van der Waals surface area contributed by atoms with Crippen LogP contribution in [-0.2, 0) is 30.6 Å². The van der Waals surface area contributed by atoms with Crippen LogP contribution in [0, 0.1) is 102 Å². The molecule has 39 nitrogen and oxygen atoms in total. The summed E-state index contributed by atoms with van der Waals surface area (Å²) < 4.78 is 72.0. The van der Waals surface area contributed by atoms with Gasteiger partial charge in [-0.05, 0) is 117 Å². The zero-order valence-corrected chi connectivity index (χ0v) is 75.9. The molecule has 4 saturated heterocycles. The van der Waals surface area contributed by atoms with Gasteiger partial charge in [-0.2, -0.15) is 54.6 Å². The van der Waals surface area contributed by atoms with Crippen molar-refractivity contribution in [3.05, 3.63) is 187 Å². The van der Waals surface area contributed by atoms with E-state index in [0.717, 1.165) is 51.0 Å². The molecule has 0 radical (unpaired) electrons. The Hall–Kier alpha value is -17.8. The van der Waals surface area contributed by atoms with Crippen molar-refractivity contribution in [3.63, 3.8) is 0 Å². The number of piperazine rings is 4. The Morgan fingerprint density at radius 2 is 0.734 bits per heavy atom. The van der Waals surface area contributed by atoms with Crippen molar-refractivity contribution in [1.29, 1.82) is 21.0 Å². The number of aliphatic hydroxyl groups excluding tert-OH is 2. The third kappa shape index (κ3) is 23.2. The standard InChI is InChI=1S/C25H21N7O3.C25H27N7O3.C24H23N7O3.C23H19F3N6O3/c1-3-24(33)31-8-6-30(7-9-31)22-5-4-18(12-27-22)21-10-20(34-16-23-29-17(2)15-35-23)14-32-25(21)19(11-26)13-28-32;1-4-24(34)31-9-7-30(8-10-31)23-6-5-18(13-27-23)22-11-21(35-17-20(33)15-29(2)3)16-32-25(22)19(12-26)14-28-32;1-4-22(32)30-9-7-29(8-10-30)21-6-5-17(13-26-21)20-11-19(34-16-23(33)28(2)3)15-31-24(20)18(12-25)14-27-31;1-2-21(34)31-7-5-30(6-8-31)20-4-3-15(11-28-20)18-9-17(35-14-19(33)23(24,25)26)13-32-22(18)16(10-27)12-29-32/h1,4-5,10,12-15H,6-9,16H2,2H3;1,5-6,11,13-14,16,20,33H,7-10,15,17H2,2-3H3;1,5-6,11,13-15H,7-10,16H2,2-3H3;1,3-4,9,11-13,19,33H,5-8,14H2/t;20-;;19-/m.0.0/s1. The fraction of sp³-hybridized carbons (Fsp3) is 0.299. The number of aromatic nitrogens is 13. The van der Waals surface area contributed by atoms with E-state index in [2.05, 4.69) is 102 Å². The summed E-state index contributed by atoms with van der Waals surface area (Å²) in [6.07, 6.45) is 33.4. The van der Waals surface area contributed by atoms with Crippen molar-refractivity contribution in [3.8, 4) is 141 Å². The second-order valence-corrected chi connectivity index (χ2v) is 32.4. The molecule has 0 spiro atoms. The summed E-state index contributed by atoms with van der Waals surface area (Å²) in [7, 11) is 7.09. The van der Waals surface area contributed by atoms with Gasteiger partial charge in [-0.1, -0.05) is 0 Å². The number of fused-ring (bicyclic) bond motifs is 4. The van der Waals surface area contributed by atoms with E-state index in [1.165, 1.54) is 46.5 Å². The summed E-state index contributed by atoms with van der Waals surface area (Å²) >= 11 is 0. The fourth-order valence-electron chi connectivity index (χ4n) is 15.6. The number of carbonyl (C=O) groups excluding carboxylic acids is 5. The first kappa shape index (κ1) is 97.2. The number of pyridine rings is 8. The van der Waals surface area contributed by atoms with E-state index < -0.39 is 25.0 Å². The van der Waals surface area contributed by atoms with Gasteiger partial charge in [-0.15, -0.1) is 25.7 Å². The van der Waals surface area contributed by atoms with Gasteiger partial charge in [0.25, 0.3) is 29.5 Å². The Kier molecular flexibility index (Phi) is 30.7. The molecule has 2 N–H and O–H groups in total. The lowest BCUT2D eigenvalue weighted by atomic mass is 10.1. The molecule has 5 amide bonds. The summed E-state index contributed by atoms with van der Waals surface area (Å²) in [5.74, 6) is 12.3. The SMILES string of the molecule is C#CC(=O)N1CCN(c2ccc(-c3cc(OCC(=O)N(C)C)cn4ncc(C#N)c34)cn2)CC1.C#CC(=O)N1CCN(c2ccc(-c3cc(OC[C@@H](O)CN(C)C)cn4ncc(C#N)c34)cn2)CC1.C#CC(=O)N1CCN(c2ccc(-c3cc(OC[C@H](O)C(F)(F)F)cn4ncc(C#N)c34)cn2)CC1.C#CC(=O)N1CCN(c2ccc(-c3cc(OCc4nc(C)co4)cn4ncc(C#N)c34)cn2)CC1. The Bertz CT molecular complexity index is 7050. The molecular weight excluding hydrogens is 1790 g/mol. The van der Waals surface area contributed by atoms with Gasteiger partial charge in [-0.25, -0.2) is 43.0 Å². The largest absolute Gasteiger partial charge is 0.489 e. The second-order valence-electron chi connectivity index (χ2n) is 32.4. The number of hydrogen-bond acceptors (Lipinski definition) is 30. The van der Waals surface area contributed by atoms with E-state index in [1.54, 1.807) is 115 Å². The summed E-state index contributed by atoms with van der Waals surface area (Å²) in [4.78, 5) is 99.5. The van der Waals surface area contributed by atoms with Crippen LogP contribution in [0.4, 0.5) is 36.4 Å². The first-order chi connectivity index (χ1) is 67.1. The molecule has 139 heavy (non-hydrogen) atoms. The molecule has 0 unspecified atom stereocenters. The highest BCUT2D eigenvalue weighted by atomic mass is 19.4. The molecule has 0 saturated carbocycles. The number of nitriles is 4. The Balaban J connectivity index is 0.000000148. The summed E-state index contributed by atoms with van der Waals surface area (Å²) in [6.45, 7) is 10.7. The Morgan fingerprint density at radius 3 is 0.986 bits per heavy atom. The van der Waals surface area contributed by atoms with Crippen LogP contribution in [0.25, 0.3) is 66.6 Å². The number of aryl methyl sites for hydroxylation is 1. The van der Waals surface area contributed by atoms with Gasteiger partial charge in [0.15, 0.2) is 19.3 Å². The predicted molar refractivity (Wildman–Crippen MR) is 500 cm³/mol. The first-order valence-corrected chi connectivity index (χ1v) is 43.3. The summed E-state index contributed by atoms with van der Waals surface area (Å²) in [5.41, 5.74) is 10.4. The average Bonchev–Trinajstić information content (AvgIpc) is 1.73. The number of rotatable bonds is 22. The molecule has 706 valence electrons. The van der Waals surface area contributed by atoms with Crippen molar-refractivity contribution in [2.45, 2.75) is 31.9 Å². The highest BCUT2D eigenvalue weighted by Gasteiger charge is 2.39. The molecule has 4 fully saturated rings. The average molecular weight is 1880 g/mol. The van der Waals surface area contributed by atoms with Gasteiger partial charge in [0.1, 0.15) is 96.1 Å². The lowest BCUT2D eigenvalue weighted by Gasteiger charge is -2.34. The van der Waals surface area contributed by atoms with Crippen molar-refractivity contribution in [1.82, 2.24) is 92.8 Å². The van der Waals surface area contributed by atoms with Crippen molar-refractivity contribution >= 4 is 74.9 Å². The molecule has 0 bridgehead atoms. The highest BCUT2D eigenvalue weighted by molar-refractivity contribution is 5.95. The number of aliphatic hydroxyl groups is 2. The molecule has 2 atom stereocenters. The summed E-state index contributed by atoms with van der Waals surface area (Å²) in [5, 5.41) is 74.6. The third-order valence-electron chi connectivity index (χ3n) is 22.8. The maximum Gasteiger partial charge on any atom is 0.417 e. The maximum atomic E-state index is 12.6. The normalized spacial score (nSPS) is 14.1. The van der Waals surface area contributed by atoms with Gasteiger partial charge < -0.3 is 82.6 Å². The molecule has 42 heteroatoms. The topological polar surface area (TPSA) is 437 Å². The predicted octanol–water partition coefficient (Wildman–Crippen LogP) is 6.14. The molecule has 13 aromatic heterocycles. The van der Waals surface area contributed by atoms with Crippen LogP contribution >= 0.6 is 0 Å². The molecule has 13 aromatic rings. The minimum Gasteiger partial charge on any atom is -0.489 e. The molecule has 4 aliphatic heterocycles. The molecule has 4 aliphatic rings. The summed E-state index contributed by atoms with van der Waals surface area (Å²) in [6, 6.07) is 30.6. The van der Waals surface area contributed by atoms with E-state index in [0.29, 0.717) is 196 Å². The van der Waals surface area contributed by atoms with E-state index in [1.807, 2.05) is 85.4 Å². The van der Waals surface area contributed by atoms with Gasteiger partial charge in [0.05, 0.1) is 99.6 Å². The number of terminal acetylenes is 4. The highest BCUT2D eigenvalue weighted by Crippen LogP contribution is 2.38. The minimum atomic E-state index is -4.81. The van der Waals surface area contributed by atoms with Crippen molar-refractivity contribution in [2.75, 3.05) is 179 Å². The van der Waals surface area contributed by atoms with Crippen molar-refractivity contribution in [2.24, 2.45) is 0 Å². The van der Waals surface area contributed by atoms with E-state index in [4.69, 9.17) is 49.1 Å². The lowest BCUT2D eigenvalue weighted by molar-refractivity contribution is -0.210. The second kappa shape index (κ2) is 43.9. The number of halogens is 3. The number of amides is 5. The van der Waals surface area contributed by atoms with Gasteiger partial charge in [-0.3, -0.25) is 24.0 Å². The lowest BCUT2D eigenvalue weighted by Crippen LogP contribution is -2.48. The molecule has 17 rings (SSSR count). The zero-order chi connectivity index (χ0) is 98.7. The number of likely N-dealkylation sites (N-methyl/N-ethyl adjacent to an activating group) is 2. The maximum absolute atomic E-state index is 12.6. The van der Waals surface area contributed by atoms with Crippen LogP contribution in [-0.4, -0.2) is 310 Å². The van der Waals surface area contributed by atoms with Gasteiger partial charge in [0, 0.05) is 195 Å². The van der Waals surface area contributed by atoms with Gasteiger partial charge in [0.2, 0.25) is 5.89 Å². The third-order valence-corrected chi connectivity index (χ3v) is 22.8. The van der Waals surface area contributed by atoms with Crippen LogP contribution in [0.5, 0.6) is 23.0 Å². The van der Waals surface area contributed by atoms with Crippen LogP contribution in [0.3, 0.4) is 0 Å². The monoisotopic (exact) mass is 1880 g/mol. The number of hydrogen-bond donors (Lipinski definition) is 2. The van der Waals surface area contributed by atoms with Crippen LogP contribution in [0.1, 0.15) is 33.8 Å². The van der Waals surface area contributed by atoms with Gasteiger partial charge >= 0.3 is 6.18 Å². The fourth-order valence-corrected chi connectivity index (χ4v) is 15.6. The van der Waals surface area contributed by atoms with Crippen LogP contribution in [0.2, 0.25) is 0 Å². The molecule has 17 heterocycles. The number of anilines is 4. The van der Waals surface area contributed by atoms with E-state index >= 15 is 0 Å². The molecular formula is C97H90F3N27O12. The first-order valence-electron chi connectivity index (χ1n) is 43.3. The number of nitrogens with zero attached hydrogens (tertiary/aromatic N) is 27. The zero-order valence-electron chi connectivity index (χ0n) is 75.9. The quantitative estimate of drug-likeness (QED) is 0.0719. The number of alkyl halides is 3. The minimum absolute atomic E-state index is 0.0294. The Morgan fingerprint density at radius 1 is 0.439 bits per heavy atom. The van der Waals surface area contributed by atoms with Crippen LogP contribution in [0.15, 0.2) is 158 Å². The van der Waals surface area contributed by atoms with E-state index in [9.17, 15) is 68.4 Å². The Labute approximate surface area is 794 Å². The van der Waals surface area contributed by atoms with Crippen LogP contribution < -0.4 is 38.5 Å². The number of ether oxygens (including phenoxy) is 4. The molecule has 0 aromatic carbocycles. The molecule has 0 aliphatic carbocycles.